The Kier molecular flexibility index (Phi) is 4.47. The van der Waals surface area contributed by atoms with Gasteiger partial charge in [0.1, 0.15) is 0 Å². The molecular formula is C15H18N2O2. The van der Waals surface area contributed by atoms with Gasteiger partial charge in [-0.3, -0.25) is 9.78 Å². The predicted octanol–water partition coefficient (Wildman–Crippen LogP) is 2.50. The van der Waals surface area contributed by atoms with E-state index in [-0.39, 0.29) is 6.42 Å². The van der Waals surface area contributed by atoms with Gasteiger partial charge in [0.2, 0.25) is 0 Å². The number of nitrogens with zero attached hydrogens (tertiary/aromatic N) is 1. The molecule has 0 fully saturated rings. The summed E-state index contributed by atoms with van der Waals surface area (Å²) in [4.78, 5) is 14.8. The third-order valence-electron chi connectivity index (χ3n) is 2.97. The molecule has 1 aromatic heterocycles. The molecule has 2 rings (SSSR count). The van der Waals surface area contributed by atoms with E-state index >= 15 is 0 Å². The molecule has 0 bridgehead atoms. The average Bonchev–Trinajstić information content (AvgIpc) is 2.38. The van der Waals surface area contributed by atoms with Crippen LogP contribution in [0.4, 0.5) is 0 Å². The van der Waals surface area contributed by atoms with Crippen LogP contribution in [0.25, 0.3) is 10.9 Å². The number of aromatic nitrogens is 1. The number of nitrogens with one attached hydrogen (secondary N) is 1. The number of carbonyl (C=O) groups is 1. The first kappa shape index (κ1) is 13.5. The van der Waals surface area contributed by atoms with Gasteiger partial charge in [0, 0.05) is 24.0 Å². The van der Waals surface area contributed by atoms with Gasteiger partial charge in [-0.15, -0.1) is 0 Å². The summed E-state index contributed by atoms with van der Waals surface area (Å²) in [5.74, 6) is -0.742. The maximum Gasteiger partial charge on any atom is 0.303 e. The van der Waals surface area contributed by atoms with E-state index in [2.05, 4.69) is 28.5 Å². The molecule has 0 radical (unpaired) electrons. The molecule has 0 aliphatic rings. The molecule has 1 aromatic carbocycles. The predicted molar refractivity (Wildman–Crippen MR) is 75.1 cm³/mol. The van der Waals surface area contributed by atoms with E-state index in [4.69, 9.17) is 5.11 Å². The van der Waals surface area contributed by atoms with Gasteiger partial charge < -0.3 is 10.4 Å². The monoisotopic (exact) mass is 258 g/mol. The van der Waals surface area contributed by atoms with Gasteiger partial charge in [-0.1, -0.05) is 12.1 Å². The lowest BCUT2D eigenvalue weighted by molar-refractivity contribution is -0.137. The van der Waals surface area contributed by atoms with E-state index in [0.717, 1.165) is 29.7 Å². The number of benzene rings is 1. The topological polar surface area (TPSA) is 62.2 Å². The number of aliphatic carboxylic acids is 1. The van der Waals surface area contributed by atoms with Crippen molar-refractivity contribution in [1.82, 2.24) is 10.3 Å². The Labute approximate surface area is 112 Å². The van der Waals surface area contributed by atoms with Crippen molar-refractivity contribution in [3.63, 3.8) is 0 Å². The molecule has 0 aliphatic heterocycles. The standard InChI is InChI=1S/C15H18N2O2/c1-11-4-6-13-9-12(5-7-14(13)17-11)10-16-8-2-3-15(18)19/h4-7,9,16H,2-3,8,10H2,1H3,(H,18,19). The van der Waals surface area contributed by atoms with Crippen LogP contribution < -0.4 is 5.32 Å². The zero-order valence-corrected chi connectivity index (χ0v) is 11.0. The Bertz CT molecular complexity index is 581. The number of carboxylic acids is 1. The molecule has 0 atom stereocenters. The van der Waals surface area contributed by atoms with Crippen LogP contribution in [0.3, 0.4) is 0 Å². The highest BCUT2D eigenvalue weighted by molar-refractivity contribution is 5.79. The van der Waals surface area contributed by atoms with E-state index in [9.17, 15) is 4.79 Å². The lowest BCUT2D eigenvalue weighted by atomic mass is 10.1. The molecule has 4 heteroatoms. The molecule has 0 unspecified atom stereocenters. The Morgan fingerprint density at radius 1 is 1.32 bits per heavy atom. The van der Waals surface area contributed by atoms with E-state index in [1.807, 2.05) is 19.1 Å². The fourth-order valence-corrected chi connectivity index (χ4v) is 1.98. The summed E-state index contributed by atoms with van der Waals surface area (Å²) in [5, 5.41) is 12.9. The van der Waals surface area contributed by atoms with Crippen molar-refractivity contribution in [1.29, 1.82) is 0 Å². The van der Waals surface area contributed by atoms with E-state index in [1.165, 1.54) is 5.56 Å². The zero-order chi connectivity index (χ0) is 13.7. The van der Waals surface area contributed by atoms with Crippen LogP contribution in [-0.2, 0) is 11.3 Å². The van der Waals surface area contributed by atoms with E-state index in [1.54, 1.807) is 0 Å². The van der Waals surface area contributed by atoms with Crippen molar-refractivity contribution in [2.24, 2.45) is 0 Å². The molecule has 0 saturated carbocycles. The SMILES string of the molecule is Cc1ccc2cc(CNCCCC(=O)O)ccc2n1. The molecule has 2 N–H and O–H groups in total. The van der Waals surface area contributed by atoms with Gasteiger partial charge in [-0.25, -0.2) is 0 Å². The molecule has 0 aliphatic carbocycles. The number of fused-ring (bicyclic) bond motifs is 1. The smallest absolute Gasteiger partial charge is 0.303 e. The first-order valence-corrected chi connectivity index (χ1v) is 6.44. The molecular weight excluding hydrogens is 240 g/mol. The van der Waals surface area contributed by atoms with Gasteiger partial charge in [-0.05, 0) is 43.7 Å². The summed E-state index contributed by atoms with van der Waals surface area (Å²) in [6.07, 6.45) is 0.873. The number of hydrogen-bond donors (Lipinski definition) is 2. The van der Waals surface area contributed by atoms with Crippen molar-refractivity contribution in [3.05, 3.63) is 41.6 Å². The highest BCUT2D eigenvalue weighted by atomic mass is 16.4. The van der Waals surface area contributed by atoms with Crippen LogP contribution >= 0.6 is 0 Å². The summed E-state index contributed by atoms with van der Waals surface area (Å²) >= 11 is 0. The molecule has 0 spiro atoms. The minimum absolute atomic E-state index is 0.216. The normalized spacial score (nSPS) is 10.8. The fourth-order valence-electron chi connectivity index (χ4n) is 1.98. The van der Waals surface area contributed by atoms with Crippen molar-refractivity contribution in [2.45, 2.75) is 26.3 Å². The first-order chi connectivity index (χ1) is 9.15. The van der Waals surface area contributed by atoms with Gasteiger partial charge >= 0.3 is 5.97 Å². The molecule has 100 valence electrons. The molecule has 2 aromatic rings. The molecule has 4 nitrogen and oxygen atoms in total. The third kappa shape index (κ3) is 4.03. The summed E-state index contributed by atoms with van der Waals surface area (Å²) in [6, 6.07) is 10.3. The Hall–Kier alpha value is -1.94. The highest BCUT2D eigenvalue weighted by Gasteiger charge is 1.99. The largest absolute Gasteiger partial charge is 0.481 e. The van der Waals surface area contributed by atoms with E-state index < -0.39 is 5.97 Å². The van der Waals surface area contributed by atoms with Crippen LogP contribution in [0.1, 0.15) is 24.1 Å². The van der Waals surface area contributed by atoms with Gasteiger partial charge in [0.05, 0.1) is 5.52 Å². The maximum atomic E-state index is 10.4. The average molecular weight is 258 g/mol. The second-order valence-electron chi connectivity index (χ2n) is 4.65. The number of hydrogen-bond acceptors (Lipinski definition) is 3. The Morgan fingerprint density at radius 3 is 2.95 bits per heavy atom. The third-order valence-corrected chi connectivity index (χ3v) is 2.97. The van der Waals surface area contributed by atoms with Gasteiger partial charge in [-0.2, -0.15) is 0 Å². The molecule has 1 heterocycles. The Balaban J connectivity index is 1.91. The summed E-state index contributed by atoms with van der Waals surface area (Å²) < 4.78 is 0. The molecule has 0 saturated heterocycles. The summed E-state index contributed by atoms with van der Waals surface area (Å²) in [7, 11) is 0. The lowest BCUT2D eigenvalue weighted by Gasteiger charge is -2.06. The summed E-state index contributed by atoms with van der Waals surface area (Å²) in [5.41, 5.74) is 3.22. The van der Waals surface area contributed by atoms with Crippen molar-refractivity contribution < 1.29 is 9.90 Å². The number of rotatable bonds is 6. The van der Waals surface area contributed by atoms with Crippen molar-refractivity contribution >= 4 is 16.9 Å². The van der Waals surface area contributed by atoms with Crippen LogP contribution in [-0.4, -0.2) is 22.6 Å². The number of carboxylic acid groups (broad SMARTS) is 1. The summed E-state index contributed by atoms with van der Waals surface area (Å²) in [6.45, 7) is 3.46. The van der Waals surface area contributed by atoms with Crippen LogP contribution in [0, 0.1) is 6.92 Å². The van der Waals surface area contributed by atoms with Crippen molar-refractivity contribution in [3.8, 4) is 0 Å². The fraction of sp³-hybridized carbons (Fsp3) is 0.333. The molecule has 0 amide bonds. The van der Waals surface area contributed by atoms with Crippen molar-refractivity contribution in [2.75, 3.05) is 6.54 Å². The second-order valence-corrected chi connectivity index (χ2v) is 4.65. The molecule has 19 heavy (non-hydrogen) atoms. The first-order valence-electron chi connectivity index (χ1n) is 6.44. The van der Waals surface area contributed by atoms with Gasteiger partial charge in [0.15, 0.2) is 0 Å². The highest BCUT2D eigenvalue weighted by Crippen LogP contribution is 2.14. The van der Waals surface area contributed by atoms with Crippen LogP contribution in [0.2, 0.25) is 0 Å². The number of pyridine rings is 1. The Morgan fingerprint density at radius 2 is 2.16 bits per heavy atom. The second kappa shape index (κ2) is 6.29. The maximum absolute atomic E-state index is 10.4. The minimum atomic E-state index is -0.742. The van der Waals surface area contributed by atoms with Gasteiger partial charge in [0.25, 0.3) is 0 Å². The van der Waals surface area contributed by atoms with Crippen LogP contribution in [0.5, 0.6) is 0 Å². The van der Waals surface area contributed by atoms with Crippen LogP contribution in [0.15, 0.2) is 30.3 Å². The quantitative estimate of drug-likeness (QED) is 0.781. The minimum Gasteiger partial charge on any atom is -0.481 e. The zero-order valence-electron chi connectivity index (χ0n) is 11.0. The van der Waals surface area contributed by atoms with E-state index in [0.29, 0.717) is 6.42 Å². The lowest BCUT2D eigenvalue weighted by Crippen LogP contribution is -2.15. The number of aryl methyl sites for hydroxylation is 1.